The molecule has 0 aliphatic heterocycles. The van der Waals surface area contributed by atoms with Crippen LogP contribution in [0.1, 0.15) is 32.1 Å². The van der Waals surface area contributed by atoms with Crippen molar-refractivity contribution in [3.8, 4) is 0 Å². The predicted octanol–water partition coefficient (Wildman–Crippen LogP) is -0.432. The molecule has 0 aromatic heterocycles. The van der Waals surface area contributed by atoms with Gasteiger partial charge in [-0.1, -0.05) is 0 Å². The zero-order valence-corrected chi connectivity index (χ0v) is 28.5. The molecule has 0 fully saturated rings. The normalized spacial score (nSPS) is 13.5. The van der Waals surface area contributed by atoms with E-state index in [0.717, 1.165) is 59.8 Å². The molecule has 0 heterocycles. The molecule has 0 aromatic carbocycles. The second kappa shape index (κ2) is 17.7. The van der Waals surface area contributed by atoms with Crippen molar-refractivity contribution >= 4 is 117 Å². The lowest BCUT2D eigenvalue weighted by Gasteiger charge is -2.35. The van der Waals surface area contributed by atoms with Crippen LogP contribution in [0, 0.1) is 0 Å². The van der Waals surface area contributed by atoms with Crippen molar-refractivity contribution < 1.29 is 29.8 Å². The van der Waals surface area contributed by atoms with Gasteiger partial charge in [-0.2, -0.15) is 0 Å². The molecule has 164 valence electrons. The van der Waals surface area contributed by atoms with Gasteiger partial charge in [0.15, 0.2) is 0 Å². The highest BCUT2D eigenvalue weighted by Gasteiger charge is 2.32. The van der Waals surface area contributed by atoms with E-state index in [9.17, 15) is 0 Å². The van der Waals surface area contributed by atoms with Gasteiger partial charge in [-0.25, -0.2) is 0 Å². The Kier molecular flexibility index (Phi) is 19.6. The standard InChI is InChI=1S/C15H34N2O6Si2.6Al/c1-16(2,10-5-7-14-24(18,19)20)12-9-13-17(3,4)11-6-8-15-25(21,22)23;;;;;;/h5-15H2,1-4H3;;;;;;/q-4;6*+1. The average Bonchev–Trinajstić information content (AvgIpc) is 2.75. The van der Waals surface area contributed by atoms with Gasteiger partial charge in [0.25, 0.3) is 0 Å². The third-order valence-electron chi connectivity index (χ3n) is 5.60. The first-order valence-corrected chi connectivity index (χ1v) is 17.1. The maximum Gasteiger partial charge on any atom is 0.410 e. The summed E-state index contributed by atoms with van der Waals surface area (Å²) in [5, 5.41) is 0. The molecule has 0 N–H and O–H groups in total. The van der Waals surface area contributed by atoms with Gasteiger partial charge in [0, 0.05) is 18.5 Å². The summed E-state index contributed by atoms with van der Waals surface area (Å²) >= 11 is 13.6. The largest absolute Gasteiger partial charge is 0.520 e. The Balaban J connectivity index is 4.19. The van der Waals surface area contributed by atoms with Crippen molar-refractivity contribution in [1.82, 2.24) is 0 Å². The molecule has 0 unspecified atom stereocenters. The summed E-state index contributed by atoms with van der Waals surface area (Å²) in [7, 11) is 4.16. The summed E-state index contributed by atoms with van der Waals surface area (Å²) in [5.74, 6) is 0. The van der Waals surface area contributed by atoms with Crippen LogP contribution in [0.2, 0.25) is 12.1 Å². The minimum atomic E-state index is -2.54. The van der Waals surface area contributed by atoms with Crippen LogP contribution in [-0.4, -0.2) is 181 Å². The van der Waals surface area contributed by atoms with E-state index in [1.165, 1.54) is 19.5 Å². The molecule has 12 radical (unpaired) electrons. The number of hydrogen-bond acceptors (Lipinski definition) is 6. The Morgan fingerprint density at radius 1 is 0.452 bits per heavy atom. The molecule has 0 aliphatic rings. The summed E-state index contributed by atoms with van der Waals surface area (Å²) in [6, 6.07) is 1.62. The highest BCUT2D eigenvalue weighted by atomic mass is 28.4. The van der Waals surface area contributed by atoms with E-state index in [0.29, 0.717) is 0 Å². The second-order valence-corrected chi connectivity index (χ2v) is 18.5. The Morgan fingerprint density at radius 2 is 0.710 bits per heavy atom. The van der Waals surface area contributed by atoms with Gasteiger partial charge in [-0.15, -0.1) is 0 Å². The number of rotatable bonds is 20. The smallest absolute Gasteiger partial charge is 0.410 e. The monoisotopic (exact) mass is 556 g/mol. The number of quaternary nitrogens is 2. The Morgan fingerprint density at radius 3 is 0.968 bits per heavy atom. The fraction of sp³-hybridized carbons (Fsp3) is 1.00. The van der Waals surface area contributed by atoms with E-state index < -0.39 is 17.6 Å². The Labute approximate surface area is 243 Å². The molecular formula is C15H34Al6N2O6Si2+2. The van der Waals surface area contributed by atoms with Gasteiger partial charge in [-0.3, -0.25) is 0 Å². The highest BCUT2D eigenvalue weighted by Crippen LogP contribution is 2.18. The highest BCUT2D eigenvalue weighted by molar-refractivity contribution is 6.69. The van der Waals surface area contributed by atoms with Crippen LogP contribution in [0.3, 0.4) is 0 Å². The van der Waals surface area contributed by atoms with Gasteiger partial charge in [0.2, 0.25) is 0 Å². The Bertz CT molecular complexity index is 423. The molecule has 0 amide bonds. The molecule has 0 aromatic rings. The molecule has 0 aliphatic carbocycles. The summed E-state index contributed by atoms with van der Waals surface area (Å²) in [6.45, 7) is 4.61. The lowest BCUT2D eigenvalue weighted by molar-refractivity contribution is -0.909. The van der Waals surface area contributed by atoms with Gasteiger partial charge in [-0.05, 0) is 25.7 Å². The van der Waals surface area contributed by atoms with Gasteiger partial charge in [0.1, 0.15) is 0 Å². The minimum absolute atomic E-state index is 0.808. The lowest BCUT2D eigenvalue weighted by atomic mass is 10.2. The van der Waals surface area contributed by atoms with E-state index in [2.05, 4.69) is 128 Å². The zero-order chi connectivity index (χ0) is 24.0. The summed E-state index contributed by atoms with van der Waals surface area (Å²) in [4.78, 5) is 0. The molecule has 0 atom stereocenters. The zero-order valence-electron chi connectivity index (χ0n) is 19.6. The fourth-order valence-corrected chi connectivity index (χ4v) is 12.0. The van der Waals surface area contributed by atoms with Crippen molar-refractivity contribution in [1.29, 1.82) is 0 Å². The molecule has 0 saturated carbocycles. The molecular weight excluding hydrogens is 522 g/mol. The van der Waals surface area contributed by atoms with Crippen LogP contribution in [0.25, 0.3) is 0 Å². The lowest BCUT2D eigenvalue weighted by Crippen LogP contribution is -2.47. The van der Waals surface area contributed by atoms with Crippen LogP contribution in [0.5, 0.6) is 0 Å². The molecule has 16 heteroatoms. The summed E-state index contributed by atoms with van der Waals surface area (Å²) < 4.78 is 34.4. The fourth-order valence-electron chi connectivity index (χ4n) is 3.43. The number of unbranched alkanes of at least 4 members (excludes halogenated alkanes) is 2. The predicted molar refractivity (Wildman–Crippen MR) is 129 cm³/mol. The van der Waals surface area contributed by atoms with E-state index in [1.54, 1.807) is 0 Å². The van der Waals surface area contributed by atoms with E-state index >= 15 is 0 Å². The Hall–Kier alpha value is 3.31. The SMILES string of the molecule is C[N+](C)(CCCC[Si]([O][Al])([O][Al])[O][Al])CCC[N+](C)(C)CCCC[Si]([O][Al])([O][Al])[O][Al]. The molecule has 31 heavy (non-hydrogen) atoms. The van der Waals surface area contributed by atoms with Crippen LogP contribution >= 0.6 is 0 Å². The average molecular weight is 557 g/mol. The third kappa shape index (κ3) is 14.6. The van der Waals surface area contributed by atoms with Crippen molar-refractivity contribution in [3.63, 3.8) is 0 Å². The quantitative estimate of drug-likeness (QED) is 0.115. The van der Waals surface area contributed by atoms with Crippen LogP contribution in [0.4, 0.5) is 0 Å². The van der Waals surface area contributed by atoms with Crippen molar-refractivity contribution in [3.05, 3.63) is 0 Å². The van der Waals surface area contributed by atoms with Crippen molar-refractivity contribution in [2.24, 2.45) is 0 Å². The van der Waals surface area contributed by atoms with Crippen LogP contribution < -0.4 is 0 Å². The third-order valence-corrected chi connectivity index (χ3v) is 16.1. The first kappa shape index (κ1) is 34.3. The first-order chi connectivity index (χ1) is 14.5. The van der Waals surface area contributed by atoms with E-state index in [4.69, 9.17) is 20.9 Å². The van der Waals surface area contributed by atoms with Crippen LogP contribution in [-0.2, 0) is 20.9 Å². The maximum absolute atomic E-state index is 5.39. The summed E-state index contributed by atoms with van der Waals surface area (Å²) in [5.41, 5.74) is 0. The molecule has 8 nitrogen and oxygen atoms in total. The summed E-state index contributed by atoms with van der Waals surface area (Å²) in [6.07, 6.45) is 5.49. The molecule has 0 spiro atoms. The first-order valence-electron chi connectivity index (χ1n) is 10.4. The van der Waals surface area contributed by atoms with E-state index in [-0.39, 0.29) is 0 Å². The van der Waals surface area contributed by atoms with Crippen LogP contribution in [0.15, 0.2) is 0 Å². The van der Waals surface area contributed by atoms with Gasteiger partial charge < -0.3 is 29.8 Å². The molecule has 0 bridgehead atoms. The molecule has 0 saturated heterocycles. The second-order valence-electron chi connectivity index (χ2n) is 9.11. The van der Waals surface area contributed by atoms with Gasteiger partial charge >= 0.3 is 117 Å². The molecule has 0 rings (SSSR count). The minimum Gasteiger partial charge on any atom is -0.520 e. The van der Waals surface area contributed by atoms with Crippen molar-refractivity contribution in [2.75, 3.05) is 54.4 Å². The van der Waals surface area contributed by atoms with Crippen molar-refractivity contribution in [2.45, 2.75) is 44.2 Å². The van der Waals surface area contributed by atoms with E-state index in [1.807, 2.05) is 0 Å². The van der Waals surface area contributed by atoms with Gasteiger partial charge in [0.05, 0.1) is 54.4 Å². The maximum atomic E-state index is 5.39. The topological polar surface area (TPSA) is 55.4 Å². The number of nitrogens with zero attached hydrogens (tertiary/aromatic N) is 2. The number of hydrogen-bond donors (Lipinski definition) is 0.